The maximum Gasteiger partial charge on any atom is 0.257 e. The molecule has 0 unspecified atom stereocenters. The molecule has 0 saturated heterocycles. The number of benzene rings is 3. The summed E-state index contributed by atoms with van der Waals surface area (Å²) in [7, 11) is 0. The Balaban J connectivity index is 1.55. The maximum absolute atomic E-state index is 12.5. The van der Waals surface area contributed by atoms with Crippen molar-refractivity contribution in [2.45, 2.75) is 6.42 Å². The van der Waals surface area contributed by atoms with Crippen molar-refractivity contribution in [2.75, 3.05) is 11.9 Å². The average molecular weight is 524 g/mol. The van der Waals surface area contributed by atoms with Crippen LogP contribution in [0.4, 0.5) is 5.69 Å². The molecule has 0 aliphatic rings. The molecule has 0 aliphatic heterocycles. The largest absolute Gasteiger partial charge is 0.492 e. The Morgan fingerprint density at radius 2 is 1.70 bits per heavy atom. The summed E-state index contributed by atoms with van der Waals surface area (Å²) < 4.78 is 6.50. The molecule has 154 valence electrons. The van der Waals surface area contributed by atoms with Crippen LogP contribution in [0.2, 0.25) is 10.0 Å². The fourth-order valence-corrected chi connectivity index (χ4v) is 3.88. The third-order valence-electron chi connectivity index (χ3n) is 4.03. The van der Waals surface area contributed by atoms with Gasteiger partial charge in [-0.1, -0.05) is 53.5 Å². The summed E-state index contributed by atoms with van der Waals surface area (Å²) >= 11 is 20.6. The summed E-state index contributed by atoms with van der Waals surface area (Å²) in [6.45, 7) is 0.532. The molecule has 0 heterocycles. The van der Waals surface area contributed by atoms with E-state index in [-0.39, 0.29) is 11.0 Å². The maximum atomic E-state index is 12.5. The zero-order valence-corrected chi connectivity index (χ0v) is 19.5. The van der Waals surface area contributed by atoms with Crippen LogP contribution in [0.25, 0.3) is 0 Å². The van der Waals surface area contributed by atoms with Crippen molar-refractivity contribution >= 4 is 68.1 Å². The summed E-state index contributed by atoms with van der Waals surface area (Å²) in [6, 6.07) is 20.1. The summed E-state index contributed by atoms with van der Waals surface area (Å²) in [6.07, 6.45) is 0.795. The number of anilines is 1. The number of thiocarbonyl (C=S) groups is 1. The minimum absolute atomic E-state index is 0.137. The highest BCUT2D eigenvalue weighted by Gasteiger charge is 2.11. The van der Waals surface area contributed by atoms with Gasteiger partial charge in [-0.25, -0.2) is 0 Å². The van der Waals surface area contributed by atoms with E-state index in [1.165, 1.54) is 5.56 Å². The average Bonchev–Trinajstić information content (AvgIpc) is 2.69. The molecule has 4 nitrogen and oxygen atoms in total. The second-order valence-corrected chi connectivity index (χ2v) is 8.43. The van der Waals surface area contributed by atoms with Gasteiger partial charge < -0.3 is 10.1 Å². The zero-order valence-electron chi connectivity index (χ0n) is 15.6. The van der Waals surface area contributed by atoms with Gasteiger partial charge in [-0.3, -0.25) is 10.1 Å². The van der Waals surface area contributed by atoms with Crippen LogP contribution in [0.3, 0.4) is 0 Å². The predicted octanol–water partition coefficient (Wildman–Crippen LogP) is 6.50. The van der Waals surface area contributed by atoms with Gasteiger partial charge >= 0.3 is 0 Å². The molecule has 0 saturated carbocycles. The number of hydrogen-bond acceptors (Lipinski definition) is 3. The fraction of sp³-hybridized carbons (Fsp3) is 0.0909. The van der Waals surface area contributed by atoms with E-state index >= 15 is 0 Å². The van der Waals surface area contributed by atoms with Crippen LogP contribution >= 0.6 is 51.3 Å². The first-order chi connectivity index (χ1) is 14.4. The Labute approximate surface area is 198 Å². The van der Waals surface area contributed by atoms with Crippen LogP contribution < -0.4 is 15.4 Å². The van der Waals surface area contributed by atoms with Gasteiger partial charge in [0, 0.05) is 27.7 Å². The Hall–Kier alpha value is -2.12. The van der Waals surface area contributed by atoms with Gasteiger partial charge in [0.2, 0.25) is 0 Å². The Bertz CT molecular complexity index is 1040. The topological polar surface area (TPSA) is 50.4 Å². The van der Waals surface area contributed by atoms with Crippen molar-refractivity contribution < 1.29 is 9.53 Å². The van der Waals surface area contributed by atoms with Crippen LogP contribution in [0.15, 0.2) is 71.2 Å². The van der Waals surface area contributed by atoms with E-state index in [0.717, 1.165) is 6.42 Å². The molecular formula is C22H17BrCl2N2O2S. The van der Waals surface area contributed by atoms with Gasteiger partial charge in [0.1, 0.15) is 5.75 Å². The van der Waals surface area contributed by atoms with Gasteiger partial charge in [0.05, 0.1) is 11.1 Å². The second kappa shape index (κ2) is 10.8. The highest BCUT2D eigenvalue weighted by molar-refractivity contribution is 9.10. The van der Waals surface area contributed by atoms with Crippen LogP contribution in [0.5, 0.6) is 5.75 Å². The van der Waals surface area contributed by atoms with Gasteiger partial charge in [-0.05, 0) is 70.1 Å². The lowest BCUT2D eigenvalue weighted by atomic mass is 10.2. The molecule has 8 heteroatoms. The summed E-state index contributed by atoms with van der Waals surface area (Å²) in [5.41, 5.74) is 2.22. The Morgan fingerprint density at radius 3 is 2.37 bits per heavy atom. The van der Waals surface area contributed by atoms with E-state index in [9.17, 15) is 4.79 Å². The van der Waals surface area contributed by atoms with E-state index in [1.54, 1.807) is 36.4 Å². The van der Waals surface area contributed by atoms with E-state index in [4.69, 9.17) is 40.2 Å². The zero-order chi connectivity index (χ0) is 21.5. The third-order valence-corrected chi connectivity index (χ3v) is 5.29. The molecule has 2 N–H and O–H groups in total. The van der Waals surface area contributed by atoms with Crippen molar-refractivity contribution in [3.8, 4) is 5.75 Å². The minimum atomic E-state index is -0.350. The van der Waals surface area contributed by atoms with E-state index < -0.39 is 0 Å². The highest BCUT2D eigenvalue weighted by Crippen LogP contribution is 2.26. The van der Waals surface area contributed by atoms with Crippen LogP contribution in [0, 0.1) is 0 Å². The van der Waals surface area contributed by atoms with Crippen molar-refractivity contribution in [3.05, 3.63) is 92.4 Å². The minimum Gasteiger partial charge on any atom is -0.492 e. The van der Waals surface area contributed by atoms with Crippen LogP contribution in [0.1, 0.15) is 15.9 Å². The smallest absolute Gasteiger partial charge is 0.257 e. The standard InChI is InChI=1S/C22H17BrCl2N2O2S/c23-19-10-15(6-7-20(19)29-9-8-14-4-2-1-3-5-14)21(28)27-22(30)26-18-12-16(24)11-17(25)13-18/h1-7,10-13H,8-9H2,(H2,26,27,28,30). The first-order valence-electron chi connectivity index (χ1n) is 8.95. The molecule has 3 aromatic carbocycles. The molecule has 0 fully saturated rings. The van der Waals surface area contributed by atoms with Gasteiger partial charge in [0.25, 0.3) is 5.91 Å². The molecule has 0 bridgehead atoms. The Morgan fingerprint density at radius 1 is 1.00 bits per heavy atom. The van der Waals surface area contributed by atoms with Crippen molar-refractivity contribution in [1.29, 1.82) is 0 Å². The van der Waals surface area contributed by atoms with Crippen LogP contribution in [-0.2, 0) is 6.42 Å². The van der Waals surface area contributed by atoms with Gasteiger partial charge in [0.15, 0.2) is 5.11 Å². The number of nitrogens with one attached hydrogen (secondary N) is 2. The molecule has 1 amide bonds. The fourth-order valence-electron chi connectivity index (χ4n) is 2.65. The quantitative estimate of drug-likeness (QED) is 0.362. The lowest BCUT2D eigenvalue weighted by Crippen LogP contribution is -2.34. The SMILES string of the molecule is O=C(NC(=S)Nc1cc(Cl)cc(Cl)c1)c1ccc(OCCc2ccccc2)c(Br)c1. The first kappa shape index (κ1) is 22.6. The molecule has 0 aliphatic carbocycles. The number of carbonyl (C=O) groups excluding carboxylic acids is 1. The lowest BCUT2D eigenvalue weighted by Gasteiger charge is -2.12. The van der Waals surface area contributed by atoms with E-state index in [0.29, 0.717) is 38.1 Å². The van der Waals surface area contributed by atoms with E-state index in [2.05, 4.69) is 38.7 Å². The lowest BCUT2D eigenvalue weighted by molar-refractivity contribution is 0.0977. The predicted molar refractivity (Wildman–Crippen MR) is 130 cm³/mol. The number of rotatable bonds is 6. The molecule has 0 aromatic heterocycles. The van der Waals surface area contributed by atoms with Crippen LogP contribution in [-0.4, -0.2) is 17.6 Å². The first-order valence-corrected chi connectivity index (χ1v) is 10.9. The number of ether oxygens (including phenoxy) is 1. The number of carbonyl (C=O) groups is 1. The van der Waals surface area contributed by atoms with E-state index in [1.807, 2.05) is 18.2 Å². The molecule has 0 spiro atoms. The second-order valence-electron chi connectivity index (χ2n) is 6.30. The summed E-state index contributed by atoms with van der Waals surface area (Å²) in [4.78, 5) is 12.5. The normalized spacial score (nSPS) is 10.4. The molecule has 3 aromatic rings. The monoisotopic (exact) mass is 522 g/mol. The van der Waals surface area contributed by atoms with Crippen molar-refractivity contribution in [2.24, 2.45) is 0 Å². The number of hydrogen-bond donors (Lipinski definition) is 2. The molecule has 30 heavy (non-hydrogen) atoms. The molecule has 0 radical (unpaired) electrons. The third kappa shape index (κ3) is 6.71. The summed E-state index contributed by atoms with van der Waals surface area (Å²) in [5, 5.41) is 6.58. The van der Waals surface area contributed by atoms with Gasteiger partial charge in [-0.2, -0.15) is 0 Å². The molecular weight excluding hydrogens is 507 g/mol. The van der Waals surface area contributed by atoms with Gasteiger partial charge in [-0.15, -0.1) is 0 Å². The summed E-state index contributed by atoms with van der Waals surface area (Å²) in [5.74, 6) is 0.314. The Kier molecular flexibility index (Phi) is 8.10. The van der Waals surface area contributed by atoms with Crippen molar-refractivity contribution in [3.63, 3.8) is 0 Å². The number of halogens is 3. The molecule has 0 atom stereocenters. The molecule has 3 rings (SSSR count). The highest BCUT2D eigenvalue weighted by atomic mass is 79.9. The number of amides is 1. The van der Waals surface area contributed by atoms with Crippen molar-refractivity contribution in [1.82, 2.24) is 5.32 Å².